The van der Waals surface area contributed by atoms with Crippen LogP contribution in [0, 0.1) is 5.92 Å². The molecule has 0 rings (SSSR count). The van der Waals surface area contributed by atoms with Crippen molar-refractivity contribution >= 4 is 9.24 Å². The summed E-state index contributed by atoms with van der Waals surface area (Å²) in [4.78, 5) is 0. The van der Waals surface area contributed by atoms with E-state index in [1.54, 1.807) is 0 Å². The number of allylic oxidation sites excluding steroid dienone is 4. The van der Waals surface area contributed by atoms with Crippen molar-refractivity contribution in [3.05, 3.63) is 36.6 Å². The van der Waals surface area contributed by atoms with Gasteiger partial charge >= 0.3 is 0 Å². The normalized spacial score (nSPS) is 13.0. The predicted octanol–water partition coefficient (Wildman–Crippen LogP) is 3.90. The summed E-state index contributed by atoms with van der Waals surface area (Å²) >= 11 is 0. The maximum atomic E-state index is 5.49. The Kier molecular flexibility index (Phi) is 5.79. The van der Waals surface area contributed by atoms with Crippen LogP contribution < -0.4 is 0 Å². The molecule has 0 aromatic heterocycles. The van der Waals surface area contributed by atoms with Crippen molar-refractivity contribution in [2.75, 3.05) is 0 Å². The third-order valence-corrected chi connectivity index (χ3v) is 1.40. The molecule has 1 unspecified atom stereocenters. The lowest BCUT2D eigenvalue weighted by Gasteiger charge is -2.20. The number of ether oxygens (including phenoxy) is 1. The molecule has 0 radical (unpaired) electrons. The van der Waals surface area contributed by atoms with Gasteiger partial charge in [-0.05, 0) is 25.8 Å². The molecule has 1 atom stereocenters. The topological polar surface area (TPSA) is 9.23 Å². The second-order valence-corrected chi connectivity index (χ2v) is 5.55. The molecule has 0 aromatic carbocycles. The van der Waals surface area contributed by atoms with E-state index >= 15 is 0 Å². The highest BCUT2D eigenvalue weighted by Crippen LogP contribution is 2.21. The van der Waals surface area contributed by atoms with Gasteiger partial charge in [-0.15, -0.1) is 0 Å². The first kappa shape index (κ1) is 13.4. The average Bonchev–Trinajstić information content (AvgIpc) is 1.94. The van der Waals surface area contributed by atoms with Crippen LogP contribution in [0.1, 0.15) is 27.7 Å². The Morgan fingerprint density at radius 3 is 2.36 bits per heavy atom. The van der Waals surface area contributed by atoms with E-state index in [4.69, 9.17) is 4.74 Å². The van der Waals surface area contributed by atoms with Crippen LogP contribution in [0.3, 0.4) is 0 Å². The third kappa shape index (κ3) is 9.54. The Bertz CT molecular complexity index is 231. The molecule has 2 heteroatoms. The van der Waals surface area contributed by atoms with Crippen molar-refractivity contribution in [1.29, 1.82) is 0 Å². The quantitative estimate of drug-likeness (QED) is 0.381. The van der Waals surface area contributed by atoms with Crippen LogP contribution >= 0.6 is 9.24 Å². The molecule has 0 spiro atoms. The minimum absolute atomic E-state index is 0.247. The molecule has 0 N–H and O–H groups in total. The summed E-state index contributed by atoms with van der Waals surface area (Å²) in [5.74, 6) is 1.26. The summed E-state index contributed by atoms with van der Waals surface area (Å²) in [6.45, 7) is 12.0. The fourth-order valence-electron chi connectivity index (χ4n) is 0.821. The van der Waals surface area contributed by atoms with E-state index in [0.29, 0.717) is 11.7 Å². The van der Waals surface area contributed by atoms with E-state index < -0.39 is 0 Å². The van der Waals surface area contributed by atoms with E-state index in [9.17, 15) is 0 Å². The maximum absolute atomic E-state index is 5.49. The third-order valence-electron chi connectivity index (χ3n) is 1.28. The Labute approximate surface area is 90.1 Å². The predicted molar refractivity (Wildman–Crippen MR) is 67.1 cm³/mol. The zero-order chi connectivity index (χ0) is 11.2. The van der Waals surface area contributed by atoms with Gasteiger partial charge in [-0.2, -0.15) is 0 Å². The molecule has 0 saturated heterocycles. The highest BCUT2D eigenvalue weighted by molar-refractivity contribution is 7.18. The zero-order valence-corrected chi connectivity index (χ0v) is 10.7. The highest BCUT2D eigenvalue weighted by Gasteiger charge is 2.10. The molecule has 14 heavy (non-hydrogen) atoms. The molecule has 0 aliphatic carbocycles. The largest absolute Gasteiger partial charge is 0.485 e. The first-order chi connectivity index (χ1) is 6.31. The highest BCUT2D eigenvalue weighted by atomic mass is 31.0. The summed E-state index contributed by atoms with van der Waals surface area (Å²) in [6.07, 6.45) is 7.94. The lowest BCUT2D eigenvalue weighted by molar-refractivity contribution is 0.126. The van der Waals surface area contributed by atoms with Crippen molar-refractivity contribution in [2.45, 2.75) is 33.0 Å². The molecule has 0 fully saturated rings. The van der Waals surface area contributed by atoms with Gasteiger partial charge in [0.25, 0.3) is 0 Å². The molecule has 80 valence electrons. The fourth-order valence-corrected chi connectivity index (χ4v) is 0.973. The molecule has 0 aliphatic rings. The SMILES string of the molecule is C=C(/C=C\C=C/C(C)C)OC(C)(C)P. The zero-order valence-electron chi connectivity index (χ0n) is 9.58. The van der Waals surface area contributed by atoms with E-state index in [2.05, 4.69) is 35.7 Å². The average molecular weight is 212 g/mol. The van der Waals surface area contributed by atoms with Crippen LogP contribution in [0.15, 0.2) is 36.6 Å². The van der Waals surface area contributed by atoms with Crippen molar-refractivity contribution < 1.29 is 4.74 Å². The molecule has 0 bridgehead atoms. The Hall–Kier alpha value is -0.550. The molecular formula is C12H21OP. The van der Waals surface area contributed by atoms with Crippen LogP contribution in [-0.4, -0.2) is 5.34 Å². The van der Waals surface area contributed by atoms with Crippen LogP contribution in [0.5, 0.6) is 0 Å². The van der Waals surface area contributed by atoms with Crippen molar-refractivity contribution in [2.24, 2.45) is 5.92 Å². The van der Waals surface area contributed by atoms with Crippen molar-refractivity contribution in [3.63, 3.8) is 0 Å². The summed E-state index contributed by atoms with van der Waals surface area (Å²) in [6, 6.07) is 0. The first-order valence-electron chi connectivity index (χ1n) is 4.83. The minimum Gasteiger partial charge on any atom is -0.485 e. The molecular weight excluding hydrogens is 191 g/mol. The van der Waals surface area contributed by atoms with Gasteiger partial charge < -0.3 is 4.74 Å². The molecule has 0 aliphatic heterocycles. The molecule has 0 aromatic rings. The van der Waals surface area contributed by atoms with Crippen LogP contribution in [0.2, 0.25) is 0 Å². The van der Waals surface area contributed by atoms with Gasteiger partial charge in [-0.25, -0.2) is 0 Å². The number of hydrogen-bond donors (Lipinski definition) is 0. The molecule has 0 saturated carbocycles. The first-order valence-corrected chi connectivity index (χ1v) is 5.40. The van der Waals surface area contributed by atoms with Crippen molar-refractivity contribution in [3.8, 4) is 0 Å². The van der Waals surface area contributed by atoms with Crippen LogP contribution in [0.4, 0.5) is 0 Å². The van der Waals surface area contributed by atoms with Crippen molar-refractivity contribution in [1.82, 2.24) is 0 Å². The van der Waals surface area contributed by atoms with E-state index in [1.807, 2.05) is 32.1 Å². The smallest absolute Gasteiger partial charge is 0.116 e. The molecule has 0 amide bonds. The standard InChI is InChI=1S/C12H21OP/c1-10(2)8-6-7-9-11(3)13-12(4,5)14/h6-10H,3,14H2,1-2,4-5H3/b8-6-,9-7-. The second kappa shape index (κ2) is 6.03. The van der Waals surface area contributed by atoms with Gasteiger partial charge in [0.2, 0.25) is 0 Å². The molecule has 1 nitrogen and oxygen atoms in total. The van der Waals surface area contributed by atoms with Crippen LogP contribution in [-0.2, 0) is 4.74 Å². The number of rotatable bonds is 5. The van der Waals surface area contributed by atoms with E-state index in [-0.39, 0.29) is 5.34 Å². The monoisotopic (exact) mass is 212 g/mol. The van der Waals surface area contributed by atoms with Gasteiger partial charge in [-0.1, -0.05) is 47.9 Å². The second-order valence-electron chi connectivity index (χ2n) is 4.16. The van der Waals surface area contributed by atoms with Gasteiger partial charge in [0.15, 0.2) is 0 Å². The van der Waals surface area contributed by atoms with E-state index in [0.717, 1.165) is 0 Å². The Balaban J connectivity index is 3.95. The maximum Gasteiger partial charge on any atom is 0.116 e. The van der Waals surface area contributed by atoms with Gasteiger partial charge in [0.05, 0.1) is 0 Å². The lowest BCUT2D eigenvalue weighted by atomic mass is 10.2. The Morgan fingerprint density at radius 2 is 1.93 bits per heavy atom. The summed E-state index contributed by atoms with van der Waals surface area (Å²) in [5.41, 5.74) is 0. The summed E-state index contributed by atoms with van der Waals surface area (Å²) in [7, 11) is 2.62. The summed E-state index contributed by atoms with van der Waals surface area (Å²) < 4.78 is 5.49. The number of hydrogen-bond acceptors (Lipinski definition) is 1. The Morgan fingerprint density at radius 1 is 1.36 bits per heavy atom. The van der Waals surface area contributed by atoms with Gasteiger partial charge in [0.1, 0.15) is 11.1 Å². The molecule has 0 heterocycles. The minimum atomic E-state index is -0.247. The van der Waals surface area contributed by atoms with E-state index in [1.165, 1.54) is 0 Å². The van der Waals surface area contributed by atoms with Crippen LogP contribution in [0.25, 0.3) is 0 Å². The van der Waals surface area contributed by atoms with Gasteiger partial charge in [0, 0.05) is 0 Å². The fraction of sp³-hybridized carbons (Fsp3) is 0.500. The summed E-state index contributed by atoms with van der Waals surface area (Å²) in [5, 5.41) is -0.247. The van der Waals surface area contributed by atoms with Gasteiger partial charge in [-0.3, -0.25) is 0 Å². The lowest BCUT2D eigenvalue weighted by Crippen LogP contribution is -2.12.